The van der Waals surface area contributed by atoms with E-state index in [0.717, 1.165) is 38.4 Å². The van der Waals surface area contributed by atoms with Crippen molar-refractivity contribution >= 4 is 0 Å². The summed E-state index contributed by atoms with van der Waals surface area (Å²) in [4.78, 5) is 4.98. The van der Waals surface area contributed by atoms with Gasteiger partial charge in [0, 0.05) is 25.7 Å². The van der Waals surface area contributed by atoms with E-state index < -0.39 is 5.60 Å². The quantitative estimate of drug-likeness (QED) is 0.848. The minimum Gasteiger partial charge on any atom is -0.388 e. The highest BCUT2D eigenvalue weighted by atomic mass is 16.3. The number of piperidine rings is 2. The summed E-state index contributed by atoms with van der Waals surface area (Å²) < 4.78 is 0. The summed E-state index contributed by atoms with van der Waals surface area (Å²) in [7, 11) is 0. The van der Waals surface area contributed by atoms with Gasteiger partial charge in [-0.25, -0.2) is 0 Å². The molecule has 2 heterocycles. The van der Waals surface area contributed by atoms with Crippen molar-refractivity contribution in [3.8, 4) is 0 Å². The molecule has 0 aliphatic carbocycles. The minimum atomic E-state index is -0.426. The standard InChI is InChI=1S/C16H32N2O/c1-4-15-5-9-17(10-6-15)13-16(19)7-11-18(12-8-16)14(2)3/h14-15,19H,4-13H2,1-3H3. The van der Waals surface area contributed by atoms with Crippen molar-refractivity contribution in [2.45, 2.75) is 64.5 Å². The zero-order valence-corrected chi connectivity index (χ0v) is 13.1. The van der Waals surface area contributed by atoms with Crippen molar-refractivity contribution in [3.05, 3.63) is 0 Å². The first-order chi connectivity index (χ1) is 9.02. The highest BCUT2D eigenvalue weighted by Gasteiger charge is 2.35. The lowest BCUT2D eigenvalue weighted by Crippen LogP contribution is -2.53. The van der Waals surface area contributed by atoms with Gasteiger partial charge in [-0.2, -0.15) is 0 Å². The van der Waals surface area contributed by atoms with Crippen molar-refractivity contribution in [3.63, 3.8) is 0 Å². The maximum atomic E-state index is 10.8. The average Bonchev–Trinajstić information content (AvgIpc) is 2.40. The molecule has 0 spiro atoms. The molecule has 0 aromatic rings. The van der Waals surface area contributed by atoms with Crippen molar-refractivity contribution in [2.75, 3.05) is 32.7 Å². The number of rotatable bonds is 4. The van der Waals surface area contributed by atoms with Gasteiger partial charge < -0.3 is 14.9 Å². The van der Waals surface area contributed by atoms with Gasteiger partial charge in [0.1, 0.15) is 0 Å². The molecule has 0 amide bonds. The van der Waals surface area contributed by atoms with Crippen LogP contribution in [-0.4, -0.2) is 59.3 Å². The topological polar surface area (TPSA) is 26.7 Å². The first-order valence-corrected chi connectivity index (χ1v) is 8.21. The third-order valence-electron chi connectivity index (χ3n) is 5.26. The summed E-state index contributed by atoms with van der Waals surface area (Å²) in [6.45, 7) is 12.2. The molecule has 2 aliphatic heterocycles. The zero-order valence-electron chi connectivity index (χ0n) is 13.1. The Morgan fingerprint density at radius 3 is 2.16 bits per heavy atom. The highest BCUT2D eigenvalue weighted by molar-refractivity contribution is 4.90. The van der Waals surface area contributed by atoms with E-state index in [4.69, 9.17) is 0 Å². The van der Waals surface area contributed by atoms with Gasteiger partial charge in [-0.1, -0.05) is 13.3 Å². The van der Waals surface area contributed by atoms with Crippen LogP contribution in [0.4, 0.5) is 0 Å². The molecular formula is C16H32N2O. The van der Waals surface area contributed by atoms with E-state index in [1.165, 1.54) is 32.4 Å². The van der Waals surface area contributed by atoms with E-state index in [1.54, 1.807) is 0 Å². The number of β-amino-alcohol motifs (C(OH)–C–C–N with tert-alkyl or cyclic N) is 1. The SMILES string of the molecule is CCC1CCN(CC2(O)CCN(C(C)C)CC2)CC1. The fraction of sp³-hybridized carbons (Fsp3) is 1.00. The molecule has 3 nitrogen and oxygen atoms in total. The molecule has 0 unspecified atom stereocenters. The number of hydrogen-bond acceptors (Lipinski definition) is 3. The summed E-state index contributed by atoms with van der Waals surface area (Å²) in [6.07, 6.45) is 5.86. The largest absolute Gasteiger partial charge is 0.388 e. The molecule has 0 aromatic heterocycles. The second-order valence-electron chi connectivity index (χ2n) is 6.98. The summed E-state index contributed by atoms with van der Waals surface area (Å²) in [5, 5.41) is 10.8. The Kier molecular flexibility index (Phi) is 5.27. The van der Waals surface area contributed by atoms with Crippen LogP contribution in [0.2, 0.25) is 0 Å². The molecule has 112 valence electrons. The Labute approximate surface area is 119 Å². The summed E-state index contributed by atoms with van der Waals surface area (Å²) in [5.74, 6) is 0.925. The smallest absolute Gasteiger partial charge is 0.0798 e. The number of aliphatic hydroxyl groups is 1. The van der Waals surface area contributed by atoms with Gasteiger partial charge in [-0.05, 0) is 58.5 Å². The summed E-state index contributed by atoms with van der Waals surface area (Å²) in [6, 6.07) is 0.616. The number of hydrogen-bond donors (Lipinski definition) is 1. The van der Waals surface area contributed by atoms with E-state index in [1.807, 2.05) is 0 Å². The molecule has 2 saturated heterocycles. The lowest BCUT2D eigenvalue weighted by molar-refractivity contribution is -0.0550. The molecule has 2 fully saturated rings. The second kappa shape index (κ2) is 6.55. The maximum absolute atomic E-state index is 10.8. The van der Waals surface area contributed by atoms with Gasteiger partial charge in [0.05, 0.1) is 5.60 Å². The normalized spacial score (nSPS) is 27.0. The zero-order chi connectivity index (χ0) is 13.9. The Bertz CT molecular complexity index is 264. The third kappa shape index (κ3) is 4.17. The van der Waals surface area contributed by atoms with Crippen molar-refractivity contribution in [2.24, 2.45) is 5.92 Å². The second-order valence-corrected chi connectivity index (χ2v) is 6.98. The third-order valence-corrected chi connectivity index (χ3v) is 5.26. The lowest BCUT2D eigenvalue weighted by Gasteiger charge is -2.43. The Balaban J connectivity index is 1.77. The predicted molar refractivity (Wildman–Crippen MR) is 80.3 cm³/mol. The first kappa shape index (κ1) is 15.3. The molecule has 0 saturated carbocycles. The Morgan fingerprint density at radius 1 is 1.11 bits per heavy atom. The van der Waals surface area contributed by atoms with Gasteiger partial charge in [0.15, 0.2) is 0 Å². The van der Waals surface area contributed by atoms with Crippen LogP contribution in [0.15, 0.2) is 0 Å². The van der Waals surface area contributed by atoms with Gasteiger partial charge in [0.2, 0.25) is 0 Å². The molecule has 1 N–H and O–H groups in total. The van der Waals surface area contributed by atoms with E-state index in [2.05, 4.69) is 30.6 Å². The fourth-order valence-electron chi connectivity index (χ4n) is 3.58. The highest BCUT2D eigenvalue weighted by Crippen LogP contribution is 2.27. The van der Waals surface area contributed by atoms with Gasteiger partial charge in [-0.15, -0.1) is 0 Å². The number of likely N-dealkylation sites (tertiary alicyclic amines) is 2. The molecular weight excluding hydrogens is 236 g/mol. The molecule has 0 aromatic carbocycles. The van der Waals surface area contributed by atoms with Crippen molar-refractivity contribution in [1.29, 1.82) is 0 Å². The molecule has 3 heteroatoms. The van der Waals surface area contributed by atoms with Crippen molar-refractivity contribution < 1.29 is 5.11 Å². The van der Waals surface area contributed by atoms with Crippen LogP contribution < -0.4 is 0 Å². The maximum Gasteiger partial charge on any atom is 0.0798 e. The van der Waals surface area contributed by atoms with Crippen LogP contribution in [0.3, 0.4) is 0 Å². The summed E-state index contributed by atoms with van der Waals surface area (Å²) in [5.41, 5.74) is -0.426. The predicted octanol–water partition coefficient (Wildman–Crippen LogP) is 2.34. The van der Waals surface area contributed by atoms with Crippen LogP contribution in [0.25, 0.3) is 0 Å². The molecule has 2 aliphatic rings. The van der Waals surface area contributed by atoms with Gasteiger partial charge in [-0.3, -0.25) is 0 Å². The molecule has 0 radical (unpaired) electrons. The average molecular weight is 268 g/mol. The molecule has 0 atom stereocenters. The monoisotopic (exact) mass is 268 g/mol. The lowest BCUT2D eigenvalue weighted by atomic mass is 9.88. The van der Waals surface area contributed by atoms with Crippen LogP contribution in [0.5, 0.6) is 0 Å². The Hall–Kier alpha value is -0.120. The van der Waals surface area contributed by atoms with E-state index in [-0.39, 0.29) is 0 Å². The van der Waals surface area contributed by atoms with Gasteiger partial charge in [0.25, 0.3) is 0 Å². The van der Waals surface area contributed by atoms with Crippen LogP contribution in [0.1, 0.15) is 52.9 Å². The van der Waals surface area contributed by atoms with Crippen LogP contribution in [-0.2, 0) is 0 Å². The Morgan fingerprint density at radius 2 is 1.68 bits per heavy atom. The van der Waals surface area contributed by atoms with Crippen molar-refractivity contribution in [1.82, 2.24) is 9.80 Å². The minimum absolute atomic E-state index is 0.426. The first-order valence-electron chi connectivity index (χ1n) is 8.21. The fourth-order valence-corrected chi connectivity index (χ4v) is 3.58. The number of nitrogens with zero attached hydrogens (tertiary/aromatic N) is 2. The van der Waals surface area contributed by atoms with Crippen LogP contribution in [0, 0.1) is 5.92 Å². The summed E-state index contributed by atoms with van der Waals surface area (Å²) >= 11 is 0. The molecule has 0 bridgehead atoms. The van der Waals surface area contributed by atoms with Gasteiger partial charge >= 0.3 is 0 Å². The molecule has 2 rings (SSSR count). The van der Waals surface area contributed by atoms with Crippen LogP contribution >= 0.6 is 0 Å². The molecule has 19 heavy (non-hydrogen) atoms. The van der Waals surface area contributed by atoms with E-state index in [0.29, 0.717) is 6.04 Å². The van der Waals surface area contributed by atoms with E-state index in [9.17, 15) is 5.11 Å². The van der Waals surface area contributed by atoms with E-state index >= 15 is 0 Å².